The van der Waals surface area contributed by atoms with Crippen molar-refractivity contribution in [2.24, 2.45) is 0 Å². The number of aryl methyl sites for hydroxylation is 2. The Morgan fingerprint density at radius 1 is 1.22 bits per heavy atom. The molecule has 2 aromatic rings. The second-order valence-corrected chi connectivity index (χ2v) is 9.34. The third-order valence-electron chi connectivity index (χ3n) is 4.45. The fraction of sp³-hybridized carbons (Fsp3) is 0.350. The van der Waals surface area contributed by atoms with Crippen molar-refractivity contribution in [3.63, 3.8) is 0 Å². The summed E-state index contributed by atoms with van der Waals surface area (Å²) in [5.41, 5.74) is 3.60. The monoisotopic (exact) mass is 394 g/mol. The van der Waals surface area contributed by atoms with E-state index in [-0.39, 0.29) is 11.7 Å². The Hall–Kier alpha value is -2.01. The van der Waals surface area contributed by atoms with Crippen molar-refractivity contribution in [1.82, 2.24) is 0 Å². The number of rotatable bonds is 7. The van der Waals surface area contributed by atoms with Crippen LogP contribution in [-0.4, -0.2) is 33.3 Å². The first-order valence-corrected chi connectivity index (χ1v) is 10.6. The van der Waals surface area contributed by atoms with E-state index in [2.05, 4.69) is 0 Å². The van der Waals surface area contributed by atoms with E-state index < -0.39 is 37.8 Å². The third-order valence-corrected chi connectivity index (χ3v) is 6.26. The number of aliphatic carboxylic acids is 1. The Balaban J connectivity index is 2.47. The quantitative estimate of drug-likeness (QED) is 0.617. The summed E-state index contributed by atoms with van der Waals surface area (Å²) in [6.45, 7) is 5.12. The number of carbonyl (C=O) groups is 1. The minimum Gasteiger partial charge on any atom is -0.481 e. The van der Waals surface area contributed by atoms with Crippen molar-refractivity contribution < 1.29 is 28.9 Å². The van der Waals surface area contributed by atoms with Gasteiger partial charge >= 0.3 is 5.97 Å². The van der Waals surface area contributed by atoms with Crippen LogP contribution >= 0.6 is 7.37 Å². The molecule has 0 aliphatic rings. The highest BCUT2D eigenvalue weighted by Gasteiger charge is 2.28. The Morgan fingerprint density at radius 2 is 1.89 bits per heavy atom. The third kappa shape index (κ3) is 5.48. The molecular formula is C20H24FO5P. The second-order valence-electron chi connectivity index (χ2n) is 6.97. The minimum absolute atomic E-state index is 0.286. The van der Waals surface area contributed by atoms with Gasteiger partial charge in [-0.1, -0.05) is 29.8 Å². The van der Waals surface area contributed by atoms with E-state index in [9.17, 15) is 23.7 Å². The average molecular weight is 394 g/mol. The van der Waals surface area contributed by atoms with E-state index in [1.54, 1.807) is 19.9 Å². The number of hydrogen-bond donors (Lipinski definition) is 3. The molecule has 0 fully saturated rings. The van der Waals surface area contributed by atoms with Gasteiger partial charge in [-0.25, -0.2) is 4.39 Å². The van der Waals surface area contributed by atoms with E-state index >= 15 is 0 Å². The molecule has 2 unspecified atom stereocenters. The molecule has 0 bridgehead atoms. The van der Waals surface area contributed by atoms with Gasteiger partial charge in [0.15, 0.2) is 0 Å². The summed E-state index contributed by atoms with van der Waals surface area (Å²) in [6, 6.07) is 9.20. The zero-order valence-electron chi connectivity index (χ0n) is 15.6. The van der Waals surface area contributed by atoms with Crippen LogP contribution in [0, 0.1) is 26.6 Å². The van der Waals surface area contributed by atoms with Gasteiger partial charge in [-0.2, -0.15) is 0 Å². The Bertz CT molecular complexity index is 909. The van der Waals surface area contributed by atoms with Crippen molar-refractivity contribution in [1.29, 1.82) is 0 Å². The van der Waals surface area contributed by atoms with Gasteiger partial charge < -0.3 is 15.1 Å². The molecule has 5 nitrogen and oxygen atoms in total. The van der Waals surface area contributed by atoms with E-state index in [1.165, 1.54) is 0 Å². The van der Waals surface area contributed by atoms with Gasteiger partial charge in [-0.15, -0.1) is 0 Å². The summed E-state index contributed by atoms with van der Waals surface area (Å²) in [7, 11) is -3.93. The van der Waals surface area contributed by atoms with Crippen LogP contribution in [0.2, 0.25) is 0 Å². The summed E-state index contributed by atoms with van der Waals surface area (Å²) in [6.07, 6.45) is -2.94. The molecule has 2 rings (SSSR count). The highest BCUT2D eigenvalue weighted by molar-refractivity contribution is 7.57. The standard InChI is InChI=1S/C20H24FO5P/c1-12-5-4-6-15(7-12)17-8-13(2)20(21)14(3)18(17)11-27(25,26)10-16(22)9-19(23)24/h4-8,16,22H,9-11H2,1-3H3,(H,23,24)(H,25,26). The van der Waals surface area contributed by atoms with Gasteiger partial charge in [-0.3, -0.25) is 9.36 Å². The molecule has 146 valence electrons. The van der Waals surface area contributed by atoms with Crippen molar-refractivity contribution >= 4 is 13.3 Å². The lowest BCUT2D eigenvalue weighted by atomic mass is 9.93. The summed E-state index contributed by atoms with van der Waals surface area (Å²) in [4.78, 5) is 21.0. The molecule has 0 aromatic heterocycles. The fourth-order valence-corrected chi connectivity index (χ4v) is 5.00. The van der Waals surface area contributed by atoms with Gasteiger partial charge in [0, 0.05) is 0 Å². The molecule has 27 heavy (non-hydrogen) atoms. The maximum atomic E-state index is 14.5. The average Bonchev–Trinajstić information content (AvgIpc) is 2.53. The molecule has 0 aliphatic heterocycles. The number of halogens is 1. The van der Waals surface area contributed by atoms with Gasteiger partial charge in [-0.05, 0) is 54.7 Å². The van der Waals surface area contributed by atoms with E-state index in [0.717, 1.165) is 11.1 Å². The Morgan fingerprint density at radius 3 is 2.48 bits per heavy atom. The van der Waals surface area contributed by atoms with E-state index in [4.69, 9.17) is 5.11 Å². The van der Waals surface area contributed by atoms with Gasteiger partial charge in [0.1, 0.15) is 5.82 Å². The van der Waals surface area contributed by atoms with Gasteiger partial charge in [0.2, 0.25) is 7.37 Å². The van der Waals surface area contributed by atoms with Crippen LogP contribution in [0.3, 0.4) is 0 Å². The van der Waals surface area contributed by atoms with Crippen molar-refractivity contribution in [3.05, 3.63) is 58.4 Å². The fourth-order valence-electron chi connectivity index (χ4n) is 3.18. The molecule has 0 spiro atoms. The number of aliphatic hydroxyl groups is 1. The van der Waals surface area contributed by atoms with Crippen LogP contribution in [0.15, 0.2) is 30.3 Å². The first-order chi connectivity index (χ1) is 12.5. The predicted molar refractivity (Wildman–Crippen MR) is 103 cm³/mol. The molecular weight excluding hydrogens is 370 g/mol. The summed E-state index contributed by atoms with van der Waals surface area (Å²) < 4.78 is 27.1. The normalized spacial score (nSPS) is 14.6. The number of aliphatic hydroxyl groups excluding tert-OH is 1. The minimum atomic E-state index is -3.93. The van der Waals surface area contributed by atoms with Gasteiger partial charge in [0.05, 0.1) is 24.8 Å². The van der Waals surface area contributed by atoms with E-state index in [1.807, 2.05) is 31.2 Å². The van der Waals surface area contributed by atoms with Gasteiger partial charge in [0.25, 0.3) is 0 Å². The van der Waals surface area contributed by atoms with Crippen LogP contribution in [-0.2, 0) is 15.5 Å². The predicted octanol–water partition coefficient (Wildman–Crippen LogP) is 4.02. The van der Waals surface area contributed by atoms with Crippen LogP contribution < -0.4 is 0 Å². The molecule has 0 aliphatic carbocycles. The SMILES string of the molecule is Cc1cccc(-c2cc(C)c(F)c(C)c2CP(=O)(O)CC(O)CC(=O)O)c1. The van der Waals surface area contributed by atoms with Crippen molar-refractivity contribution in [3.8, 4) is 11.1 Å². The molecule has 0 radical (unpaired) electrons. The highest BCUT2D eigenvalue weighted by Crippen LogP contribution is 2.48. The lowest BCUT2D eigenvalue weighted by molar-refractivity contribution is -0.138. The number of benzene rings is 2. The van der Waals surface area contributed by atoms with Crippen LogP contribution in [0.25, 0.3) is 11.1 Å². The zero-order chi connectivity index (χ0) is 20.4. The topological polar surface area (TPSA) is 94.8 Å². The Kier molecular flexibility index (Phi) is 6.58. The Labute approximate surface area is 157 Å². The smallest absolute Gasteiger partial charge is 0.305 e. The number of carboxylic acids is 1. The maximum absolute atomic E-state index is 14.5. The van der Waals surface area contributed by atoms with Crippen molar-refractivity contribution in [2.75, 3.05) is 6.16 Å². The lowest BCUT2D eigenvalue weighted by Crippen LogP contribution is -2.18. The largest absolute Gasteiger partial charge is 0.481 e. The molecule has 7 heteroatoms. The van der Waals surface area contributed by atoms with Crippen LogP contribution in [0.1, 0.15) is 28.7 Å². The molecule has 0 amide bonds. The number of hydrogen-bond acceptors (Lipinski definition) is 3. The number of carboxylic acid groups (broad SMARTS) is 1. The maximum Gasteiger partial charge on any atom is 0.305 e. The second kappa shape index (κ2) is 8.34. The van der Waals surface area contributed by atoms with Crippen molar-refractivity contribution in [2.45, 2.75) is 39.5 Å². The summed E-state index contributed by atoms with van der Waals surface area (Å²) in [5.74, 6) is -1.69. The summed E-state index contributed by atoms with van der Waals surface area (Å²) >= 11 is 0. The zero-order valence-corrected chi connectivity index (χ0v) is 16.5. The van der Waals surface area contributed by atoms with E-state index in [0.29, 0.717) is 16.7 Å². The first kappa shape index (κ1) is 21.3. The molecule has 0 heterocycles. The molecule has 2 atom stereocenters. The molecule has 2 aromatic carbocycles. The van der Waals surface area contributed by atoms with Crippen LogP contribution in [0.5, 0.6) is 0 Å². The summed E-state index contributed by atoms with van der Waals surface area (Å²) in [5, 5.41) is 18.5. The molecule has 3 N–H and O–H groups in total. The molecule has 0 saturated heterocycles. The highest BCUT2D eigenvalue weighted by atomic mass is 31.2. The first-order valence-electron chi connectivity index (χ1n) is 8.56. The molecule has 0 saturated carbocycles. The lowest BCUT2D eigenvalue weighted by Gasteiger charge is -2.20. The van der Waals surface area contributed by atoms with Crippen LogP contribution in [0.4, 0.5) is 4.39 Å².